The molecule has 10 heteroatoms. The van der Waals surface area contributed by atoms with Crippen LogP contribution in [0.2, 0.25) is 0 Å². The number of para-hydroxylation sites is 1. The average molecular weight is 542 g/mol. The summed E-state index contributed by atoms with van der Waals surface area (Å²) in [5, 5.41) is 2.74. The number of halogens is 1. The Morgan fingerprint density at radius 1 is 0.947 bits per heavy atom. The number of likely N-dealkylation sites (N-methyl/N-ethyl adjacent to an activating group) is 1. The molecule has 0 aliphatic rings. The highest BCUT2D eigenvalue weighted by Crippen LogP contribution is 2.27. The smallest absolute Gasteiger partial charge is 0.264 e. The summed E-state index contributed by atoms with van der Waals surface area (Å²) < 4.78 is 48.1. The highest BCUT2D eigenvalue weighted by Gasteiger charge is 2.34. The molecule has 0 heterocycles. The lowest BCUT2D eigenvalue weighted by Crippen LogP contribution is -2.52. The number of sulfonamides is 1. The highest BCUT2D eigenvalue weighted by atomic mass is 32.2. The van der Waals surface area contributed by atoms with Gasteiger partial charge in [0.25, 0.3) is 10.0 Å². The van der Waals surface area contributed by atoms with Crippen molar-refractivity contribution in [1.82, 2.24) is 10.2 Å². The summed E-state index contributed by atoms with van der Waals surface area (Å²) in [5.74, 6) is -1.18. The van der Waals surface area contributed by atoms with E-state index in [0.717, 1.165) is 10.4 Å². The minimum absolute atomic E-state index is 0.0367. The van der Waals surface area contributed by atoms with Crippen molar-refractivity contribution in [2.24, 2.45) is 0 Å². The Bertz CT molecular complexity index is 1330. The van der Waals surface area contributed by atoms with Gasteiger partial charge in [0.2, 0.25) is 11.8 Å². The molecule has 38 heavy (non-hydrogen) atoms. The van der Waals surface area contributed by atoms with Crippen LogP contribution >= 0.6 is 0 Å². The molecule has 0 saturated heterocycles. The van der Waals surface area contributed by atoms with Crippen LogP contribution in [0.4, 0.5) is 10.1 Å². The maximum Gasteiger partial charge on any atom is 0.264 e. The number of benzene rings is 3. The Kier molecular flexibility index (Phi) is 9.84. The van der Waals surface area contributed by atoms with Crippen molar-refractivity contribution in [1.29, 1.82) is 0 Å². The molecule has 0 saturated carbocycles. The van der Waals surface area contributed by atoms with E-state index < -0.39 is 34.3 Å². The van der Waals surface area contributed by atoms with Crippen molar-refractivity contribution in [2.75, 3.05) is 24.5 Å². The van der Waals surface area contributed by atoms with Crippen molar-refractivity contribution in [2.45, 2.75) is 37.8 Å². The quantitative estimate of drug-likeness (QED) is 0.374. The van der Waals surface area contributed by atoms with Gasteiger partial charge in [0.1, 0.15) is 24.2 Å². The van der Waals surface area contributed by atoms with Crippen LogP contribution < -0.4 is 14.4 Å². The monoisotopic (exact) mass is 541 g/mol. The fraction of sp³-hybridized carbons (Fsp3) is 0.286. The average Bonchev–Trinajstić information content (AvgIpc) is 2.93. The van der Waals surface area contributed by atoms with Crippen LogP contribution in [0.15, 0.2) is 83.8 Å². The summed E-state index contributed by atoms with van der Waals surface area (Å²) in [6.45, 7) is 3.24. The number of hydrogen-bond donors (Lipinski definition) is 1. The summed E-state index contributed by atoms with van der Waals surface area (Å²) >= 11 is 0. The van der Waals surface area contributed by atoms with E-state index in [0.29, 0.717) is 24.3 Å². The Balaban J connectivity index is 2.05. The van der Waals surface area contributed by atoms with E-state index in [9.17, 15) is 22.4 Å². The number of rotatable bonds is 12. The minimum atomic E-state index is -4.32. The van der Waals surface area contributed by atoms with Gasteiger partial charge in [-0.2, -0.15) is 0 Å². The number of amides is 2. The zero-order chi connectivity index (χ0) is 27.7. The number of hydrogen-bond acceptors (Lipinski definition) is 5. The number of ether oxygens (including phenoxy) is 1. The Hall–Kier alpha value is -3.92. The first-order chi connectivity index (χ1) is 18.2. The Labute approximate surface area is 223 Å². The molecule has 1 atom stereocenters. The van der Waals surface area contributed by atoms with Crippen LogP contribution in [-0.4, -0.2) is 51.4 Å². The third-order valence-electron chi connectivity index (χ3n) is 5.98. The normalized spacial score (nSPS) is 11.9. The first-order valence-electron chi connectivity index (χ1n) is 12.2. The van der Waals surface area contributed by atoms with Crippen LogP contribution in [0.3, 0.4) is 0 Å². The van der Waals surface area contributed by atoms with Gasteiger partial charge in [0, 0.05) is 13.1 Å². The number of carbonyl (C=O) groups excluding carboxylic acids is 2. The fourth-order valence-corrected chi connectivity index (χ4v) is 5.47. The SMILES string of the molecule is CCNC(=O)[C@@H](CC)N(Cc1ccc(OC)cc1)C(=O)CN(c1ccccc1F)S(=O)(=O)c1ccccc1. The third kappa shape index (κ3) is 6.69. The van der Waals surface area contributed by atoms with Gasteiger partial charge in [-0.1, -0.05) is 49.4 Å². The van der Waals surface area contributed by atoms with E-state index in [1.54, 1.807) is 56.3 Å². The first-order valence-corrected chi connectivity index (χ1v) is 13.7. The molecule has 0 aliphatic carbocycles. The van der Waals surface area contributed by atoms with Gasteiger partial charge < -0.3 is 15.0 Å². The maximum atomic E-state index is 14.9. The van der Waals surface area contributed by atoms with Crippen molar-refractivity contribution in [3.05, 3.63) is 90.2 Å². The second kappa shape index (κ2) is 13.0. The Morgan fingerprint density at radius 2 is 1.58 bits per heavy atom. The standard InChI is InChI=1S/C28H32FN3O5S/c1-4-25(28(34)30-5-2)31(19-21-15-17-22(37-3)18-16-21)27(33)20-32(26-14-10-9-13-24(26)29)38(35,36)23-11-7-6-8-12-23/h6-18,25H,4-5,19-20H2,1-3H3,(H,30,34)/t25-/m1/s1. The van der Waals surface area contributed by atoms with Gasteiger partial charge in [-0.15, -0.1) is 0 Å². The van der Waals surface area contributed by atoms with E-state index >= 15 is 0 Å². The predicted molar refractivity (Wildman–Crippen MR) is 144 cm³/mol. The summed E-state index contributed by atoms with van der Waals surface area (Å²) in [6, 6.07) is 19.0. The van der Waals surface area contributed by atoms with Crippen molar-refractivity contribution in [3.63, 3.8) is 0 Å². The second-order valence-corrected chi connectivity index (χ2v) is 10.3. The molecule has 0 spiro atoms. The van der Waals surface area contributed by atoms with Gasteiger partial charge in [0.05, 0.1) is 17.7 Å². The molecular weight excluding hydrogens is 509 g/mol. The lowest BCUT2D eigenvalue weighted by Gasteiger charge is -2.33. The summed E-state index contributed by atoms with van der Waals surface area (Å²) in [5.41, 5.74) is 0.449. The van der Waals surface area contributed by atoms with E-state index in [4.69, 9.17) is 4.74 Å². The van der Waals surface area contributed by atoms with Gasteiger partial charge in [-0.3, -0.25) is 13.9 Å². The van der Waals surface area contributed by atoms with Crippen LogP contribution in [0.1, 0.15) is 25.8 Å². The van der Waals surface area contributed by atoms with E-state index in [2.05, 4.69) is 5.32 Å². The maximum absolute atomic E-state index is 14.9. The number of nitrogens with zero attached hydrogens (tertiary/aromatic N) is 2. The molecule has 0 radical (unpaired) electrons. The molecule has 8 nitrogen and oxygen atoms in total. The summed E-state index contributed by atoms with van der Waals surface area (Å²) in [7, 11) is -2.78. The van der Waals surface area contributed by atoms with Crippen molar-refractivity contribution < 1.29 is 27.1 Å². The molecule has 0 bridgehead atoms. The zero-order valence-corrected chi connectivity index (χ0v) is 22.4. The van der Waals surface area contributed by atoms with Gasteiger partial charge in [0.15, 0.2) is 0 Å². The molecule has 0 aliphatic heterocycles. The zero-order valence-electron chi connectivity index (χ0n) is 21.6. The number of carbonyl (C=O) groups is 2. The van der Waals surface area contributed by atoms with Gasteiger partial charge in [-0.05, 0) is 55.3 Å². The lowest BCUT2D eigenvalue weighted by molar-refractivity contribution is -0.140. The summed E-state index contributed by atoms with van der Waals surface area (Å²) in [6.07, 6.45) is 0.291. The van der Waals surface area contributed by atoms with E-state index in [1.807, 2.05) is 0 Å². The van der Waals surface area contributed by atoms with Gasteiger partial charge >= 0.3 is 0 Å². The van der Waals surface area contributed by atoms with Crippen molar-refractivity contribution >= 4 is 27.5 Å². The Morgan fingerprint density at radius 3 is 2.16 bits per heavy atom. The lowest BCUT2D eigenvalue weighted by atomic mass is 10.1. The molecule has 3 aromatic rings. The van der Waals surface area contributed by atoms with Crippen molar-refractivity contribution in [3.8, 4) is 5.75 Å². The number of anilines is 1. The molecule has 3 aromatic carbocycles. The third-order valence-corrected chi connectivity index (χ3v) is 7.75. The van der Waals surface area contributed by atoms with Crippen LogP contribution in [-0.2, 0) is 26.2 Å². The fourth-order valence-electron chi connectivity index (χ4n) is 4.03. The molecule has 0 unspecified atom stereocenters. The minimum Gasteiger partial charge on any atom is -0.497 e. The number of nitrogens with one attached hydrogen (secondary N) is 1. The predicted octanol–water partition coefficient (Wildman–Crippen LogP) is 3.97. The van der Waals surface area contributed by atoms with Crippen LogP contribution in [0.5, 0.6) is 5.75 Å². The van der Waals surface area contributed by atoms with Crippen LogP contribution in [0, 0.1) is 5.82 Å². The first kappa shape index (κ1) is 28.6. The molecule has 3 rings (SSSR count). The van der Waals surface area contributed by atoms with E-state index in [1.165, 1.54) is 42.3 Å². The van der Waals surface area contributed by atoms with E-state index in [-0.39, 0.29) is 23.0 Å². The largest absolute Gasteiger partial charge is 0.497 e. The van der Waals surface area contributed by atoms with Gasteiger partial charge in [-0.25, -0.2) is 12.8 Å². The molecule has 202 valence electrons. The molecule has 1 N–H and O–H groups in total. The second-order valence-electron chi connectivity index (χ2n) is 8.46. The molecule has 2 amide bonds. The summed E-state index contributed by atoms with van der Waals surface area (Å²) in [4.78, 5) is 28.0. The topological polar surface area (TPSA) is 96.0 Å². The molecule has 0 aromatic heterocycles. The van der Waals surface area contributed by atoms with Crippen LogP contribution in [0.25, 0.3) is 0 Å². The molecule has 0 fully saturated rings. The highest BCUT2D eigenvalue weighted by molar-refractivity contribution is 7.92. The molecular formula is C28H32FN3O5S. The number of methoxy groups -OCH3 is 1.